The molecule has 0 saturated heterocycles. The van der Waals surface area contributed by atoms with Crippen LogP contribution in [0.2, 0.25) is 0 Å². The Bertz CT molecular complexity index is 1310. The van der Waals surface area contributed by atoms with Crippen LogP contribution < -0.4 is 0 Å². The fraction of sp³-hybridized carbons (Fsp3) is 0.0741. The van der Waals surface area contributed by atoms with Gasteiger partial charge in [-0.05, 0) is 70.2 Å². The van der Waals surface area contributed by atoms with Gasteiger partial charge in [-0.3, -0.25) is 0 Å². The molecule has 0 aliphatic heterocycles. The first-order valence-electron chi connectivity index (χ1n) is 10.00. The molecule has 3 aromatic rings. The molecular weight excluding hydrogens is 422 g/mol. The maximum Gasteiger partial charge on any atom is 0.328 e. The van der Waals surface area contributed by atoms with Crippen molar-refractivity contribution in [3.8, 4) is 6.07 Å². The van der Waals surface area contributed by atoms with Crippen LogP contribution in [0, 0.1) is 29.5 Å². The SMILES string of the molecule is [C-]#[N+]c1ccc(/C(=C(/CC)c2cccc(/C=C/C(=O)O)c2)c2ccc(C#N)c(F)c2)cc1F. The zero-order valence-corrected chi connectivity index (χ0v) is 17.6. The zero-order valence-electron chi connectivity index (χ0n) is 17.6. The molecular formula is C27H18F2N2O2. The van der Waals surface area contributed by atoms with Gasteiger partial charge in [-0.2, -0.15) is 5.26 Å². The van der Waals surface area contributed by atoms with E-state index in [0.717, 1.165) is 17.2 Å². The van der Waals surface area contributed by atoms with Gasteiger partial charge in [0.15, 0.2) is 0 Å². The molecule has 0 fully saturated rings. The average Bonchev–Trinajstić information content (AvgIpc) is 2.81. The van der Waals surface area contributed by atoms with E-state index in [1.165, 1.54) is 30.3 Å². The predicted molar refractivity (Wildman–Crippen MR) is 123 cm³/mol. The summed E-state index contributed by atoms with van der Waals surface area (Å²) in [6.45, 7) is 8.99. The highest BCUT2D eigenvalue weighted by molar-refractivity contribution is 5.99. The summed E-state index contributed by atoms with van der Waals surface area (Å²) < 4.78 is 29.0. The number of allylic oxidation sites excluding steroid dienone is 1. The molecule has 33 heavy (non-hydrogen) atoms. The first kappa shape index (κ1) is 23.1. The van der Waals surface area contributed by atoms with E-state index >= 15 is 0 Å². The van der Waals surface area contributed by atoms with E-state index in [-0.39, 0.29) is 11.3 Å². The Hall–Kier alpha value is -4.55. The molecule has 0 aliphatic rings. The molecule has 6 heteroatoms. The van der Waals surface area contributed by atoms with Crippen LogP contribution in [0.15, 0.2) is 66.7 Å². The minimum Gasteiger partial charge on any atom is -0.478 e. The Balaban J connectivity index is 2.31. The van der Waals surface area contributed by atoms with Gasteiger partial charge in [0.2, 0.25) is 5.69 Å². The monoisotopic (exact) mass is 440 g/mol. The fourth-order valence-electron chi connectivity index (χ4n) is 3.55. The van der Waals surface area contributed by atoms with E-state index in [0.29, 0.717) is 28.7 Å². The fourth-order valence-corrected chi connectivity index (χ4v) is 3.55. The lowest BCUT2D eigenvalue weighted by molar-refractivity contribution is -0.131. The first-order chi connectivity index (χ1) is 15.9. The summed E-state index contributed by atoms with van der Waals surface area (Å²) in [4.78, 5) is 14.0. The Morgan fingerprint density at radius 3 is 2.33 bits per heavy atom. The third-order valence-electron chi connectivity index (χ3n) is 5.04. The standard InChI is InChI=1S/C27H18F2N2O2/c1-3-22(18-6-4-5-17(13-18)7-12-26(32)33)27(19-8-9-21(16-30)23(28)14-19)20-10-11-25(31-2)24(29)15-20/h4-15H,3H2,1H3,(H,32,33)/b12-7+,27-22-. The Morgan fingerprint density at radius 1 is 1.06 bits per heavy atom. The van der Waals surface area contributed by atoms with Crippen molar-refractivity contribution in [2.45, 2.75) is 13.3 Å². The van der Waals surface area contributed by atoms with Crippen LogP contribution in [0.3, 0.4) is 0 Å². The largest absolute Gasteiger partial charge is 0.478 e. The highest BCUT2D eigenvalue weighted by Gasteiger charge is 2.17. The average molecular weight is 440 g/mol. The van der Waals surface area contributed by atoms with E-state index < -0.39 is 17.6 Å². The van der Waals surface area contributed by atoms with Gasteiger partial charge in [-0.15, -0.1) is 0 Å². The Morgan fingerprint density at radius 2 is 1.76 bits per heavy atom. The van der Waals surface area contributed by atoms with Crippen molar-refractivity contribution >= 4 is 28.9 Å². The van der Waals surface area contributed by atoms with E-state index in [4.69, 9.17) is 16.9 Å². The second-order valence-corrected chi connectivity index (χ2v) is 7.09. The molecule has 0 bridgehead atoms. The molecule has 0 aliphatic carbocycles. The number of aliphatic carboxylic acids is 1. The number of hydrogen-bond acceptors (Lipinski definition) is 2. The lowest BCUT2D eigenvalue weighted by atomic mass is 9.87. The minimum absolute atomic E-state index is 0.105. The Kier molecular flexibility index (Phi) is 7.13. The van der Waals surface area contributed by atoms with Crippen molar-refractivity contribution in [3.63, 3.8) is 0 Å². The van der Waals surface area contributed by atoms with E-state index in [1.54, 1.807) is 36.4 Å². The summed E-state index contributed by atoms with van der Waals surface area (Å²) in [6.07, 6.45) is 2.99. The van der Waals surface area contributed by atoms with Gasteiger partial charge in [0, 0.05) is 6.08 Å². The lowest BCUT2D eigenvalue weighted by Crippen LogP contribution is -1.98. The summed E-state index contributed by atoms with van der Waals surface area (Å²) in [5, 5.41) is 18.0. The van der Waals surface area contributed by atoms with E-state index in [2.05, 4.69) is 4.85 Å². The highest BCUT2D eigenvalue weighted by Crippen LogP contribution is 2.36. The van der Waals surface area contributed by atoms with Crippen LogP contribution in [-0.4, -0.2) is 11.1 Å². The van der Waals surface area contributed by atoms with Crippen molar-refractivity contribution < 1.29 is 18.7 Å². The first-order valence-corrected chi connectivity index (χ1v) is 10.00. The smallest absolute Gasteiger partial charge is 0.328 e. The molecule has 3 rings (SSSR count). The number of nitrogens with zero attached hydrogens (tertiary/aromatic N) is 2. The van der Waals surface area contributed by atoms with Crippen molar-refractivity contribution in [1.82, 2.24) is 0 Å². The van der Waals surface area contributed by atoms with Gasteiger partial charge in [-0.25, -0.2) is 18.4 Å². The normalized spacial score (nSPS) is 11.5. The van der Waals surface area contributed by atoms with Gasteiger partial charge < -0.3 is 5.11 Å². The van der Waals surface area contributed by atoms with Gasteiger partial charge in [0.25, 0.3) is 0 Å². The van der Waals surface area contributed by atoms with Crippen LogP contribution in [0.25, 0.3) is 22.1 Å². The van der Waals surface area contributed by atoms with Gasteiger partial charge >= 0.3 is 5.97 Å². The summed E-state index contributed by atoms with van der Waals surface area (Å²) in [5.74, 6) is -2.46. The molecule has 0 amide bonds. The second kappa shape index (κ2) is 10.2. The molecule has 3 aromatic carbocycles. The third kappa shape index (κ3) is 5.20. The minimum atomic E-state index is -1.07. The topological polar surface area (TPSA) is 65.4 Å². The molecule has 0 radical (unpaired) electrons. The molecule has 0 saturated carbocycles. The number of nitriles is 1. The summed E-state index contributed by atoms with van der Waals surface area (Å²) in [5.41, 5.74) is 3.39. The third-order valence-corrected chi connectivity index (χ3v) is 5.04. The van der Waals surface area contributed by atoms with Crippen molar-refractivity contribution in [2.24, 2.45) is 0 Å². The maximum atomic E-state index is 14.5. The van der Waals surface area contributed by atoms with Crippen molar-refractivity contribution in [1.29, 1.82) is 5.26 Å². The van der Waals surface area contributed by atoms with Crippen LogP contribution >= 0.6 is 0 Å². The highest BCUT2D eigenvalue weighted by atomic mass is 19.1. The number of benzene rings is 3. The molecule has 0 spiro atoms. The molecule has 0 aromatic heterocycles. The van der Waals surface area contributed by atoms with E-state index in [1.807, 2.05) is 13.0 Å². The Labute approximate surface area is 190 Å². The van der Waals surface area contributed by atoms with Gasteiger partial charge in [0.1, 0.15) is 17.7 Å². The summed E-state index contributed by atoms with van der Waals surface area (Å²) in [6, 6.07) is 17.4. The zero-order chi connectivity index (χ0) is 24.0. The predicted octanol–water partition coefficient (Wildman–Crippen LogP) is 6.85. The van der Waals surface area contributed by atoms with Crippen LogP contribution in [0.1, 0.15) is 41.2 Å². The molecule has 0 heterocycles. The summed E-state index contributed by atoms with van der Waals surface area (Å²) in [7, 11) is 0. The van der Waals surface area contributed by atoms with Crippen LogP contribution in [-0.2, 0) is 4.79 Å². The number of hydrogen-bond donors (Lipinski definition) is 1. The lowest BCUT2D eigenvalue weighted by Gasteiger charge is -2.17. The van der Waals surface area contributed by atoms with Gasteiger partial charge in [0.05, 0.1) is 12.1 Å². The van der Waals surface area contributed by atoms with Crippen LogP contribution in [0.5, 0.6) is 0 Å². The quantitative estimate of drug-likeness (QED) is 0.259. The summed E-state index contributed by atoms with van der Waals surface area (Å²) >= 11 is 0. The molecule has 0 atom stereocenters. The second-order valence-electron chi connectivity index (χ2n) is 7.09. The molecule has 1 N–H and O–H groups in total. The molecule has 4 nitrogen and oxygen atoms in total. The van der Waals surface area contributed by atoms with Gasteiger partial charge in [-0.1, -0.05) is 43.3 Å². The van der Waals surface area contributed by atoms with Crippen LogP contribution in [0.4, 0.5) is 14.5 Å². The number of carboxylic acids is 1. The molecule has 162 valence electrons. The number of carboxylic acid groups (broad SMARTS) is 1. The van der Waals surface area contributed by atoms with Crippen molar-refractivity contribution in [2.75, 3.05) is 0 Å². The number of halogens is 2. The number of carbonyl (C=O) groups is 1. The molecule has 0 unspecified atom stereocenters. The van der Waals surface area contributed by atoms with Crippen molar-refractivity contribution in [3.05, 3.63) is 118 Å². The number of rotatable bonds is 6. The maximum absolute atomic E-state index is 14.5. The van der Waals surface area contributed by atoms with E-state index in [9.17, 15) is 13.6 Å².